The molecule has 2 aromatic rings. The lowest BCUT2D eigenvalue weighted by atomic mass is 10.3. The summed E-state index contributed by atoms with van der Waals surface area (Å²) in [6.45, 7) is 0. The first-order valence-electron chi connectivity index (χ1n) is 4.68. The Kier molecular flexibility index (Phi) is 3.22. The van der Waals surface area contributed by atoms with Crippen LogP contribution in [0.4, 0.5) is 0 Å². The van der Waals surface area contributed by atoms with Crippen molar-refractivity contribution in [2.45, 2.75) is 4.90 Å². The number of carbonyl (C=O) groups is 1. The van der Waals surface area contributed by atoms with E-state index in [2.05, 4.69) is 17.6 Å². The summed E-state index contributed by atoms with van der Waals surface area (Å²) in [4.78, 5) is 16.3. The molecule has 0 saturated heterocycles. The fourth-order valence-corrected chi connectivity index (χ4v) is 1.31. The summed E-state index contributed by atoms with van der Waals surface area (Å²) in [5, 5.41) is 0. The molecule has 3 nitrogen and oxygen atoms in total. The van der Waals surface area contributed by atoms with Crippen LogP contribution in [0.1, 0.15) is 10.5 Å². The number of nitrogens with zero attached hydrogens (tertiary/aromatic N) is 1. The second kappa shape index (κ2) is 4.81. The van der Waals surface area contributed by atoms with E-state index in [1.165, 1.54) is 0 Å². The molecule has 4 heteroatoms. The molecule has 0 amide bonds. The van der Waals surface area contributed by atoms with Gasteiger partial charge in [-0.2, -0.15) is 0 Å². The van der Waals surface area contributed by atoms with E-state index in [-0.39, 0.29) is 5.69 Å². The number of aromatic nitrogens is 1. The van der Waals surface area contributed by atoms with Crippen molar-refractivity contribution >= 4 is 18.6 Å². The maximum absolute atomic E-state index is 11.6. The lowest BCUT2D eigenvalue weighted by Gasteiger charge is -2.03. The van der Waals surface area contributed by atoms with Crippen LogP contribution in [-0.2, 0) is 0 Å². The third-order valence-corrected chi connectivity index (χ3v) is 2.22. The second-order valence-corrected chi connectivity index (χ2v) is 3.61. The number of rotatable bonds is 2. The predicted octanol–water partition coefficient (Wildman–Crippen LogP) is 2.59. The Morgan fingerprint density at radius 1 is 1.12 bits per heavy atom. The number of ether oxygens (including phenoxy) is 1. The lowest BCUT2D eigenvalue weighted by molar-refractivity contribution is 0.0728. The molecule has 0 aliphatic heterocycles. The molecule has 0 saturated carbocycles. The minimum Gasteiger partial charge on any atom is -0.422 e. The monoisotopic (exact) mass is 231 g/mol. The minimum atomic E-state index is -0.465. The van der Waals surface area contributed by atoms with Gasteiger partial charge in [0.1, 0.15) is 11.4 Å². The average Bonchev–Trinajstić information content (AvgIpc) is 2.33. The topological polar surface area (TPSA) is 39.2 Å². The molecule has 1 aromatic heterocycles. The highest BCUT2D eigenvalue weighted by molar-refractivity contribution is 7.80. The van der Waals surface area contributed by atoms with Gasteiger partial charge in [-0.3, -0.25) is 0 Å². The van der Waals surface area contributed by atoms with Crippen molar-refractivity contribution in [3.8, 4) is 5.75 Å². The van der Waals surface area contributed by atoms with Gasteiger partial charge in [-0.1, -0.05) is 6.07 Å². The van der Waals surface area contributed by atoms with Crippen LogP contribution in [0.25, 0.3) is 0 Å². The van der Waals surface area contributed by atoms with Crippen LogP contribution in [0.3, 0.4) is 0 Å². The Balaban J connectivity index is 2.11. The molecular formula is C12H9NO2S. The van der Waals surface area contributed by atoms with Gasteiger partial charge in [0.15, 0.2) is 0 Å². The Bertz CT molecular complexity index is 482. The Hall–Kier alpha value is -1.81. The molecule has 1 heterocycles. The Morgan fingerprint density at radius 3 is 2.50 bits per heavy atom. The van der Waals surface area contributed by atoms with Gasteiger partial charge in [0.05, 0.1) is 0 Å². The Labute approximate surface area is 98.5 Å². The van der Waals surface area contributed by atoms with Crippen LogP contribution in [0.15, 0.2) is 53.6 Å². The molecule has 0 spiro atoms. The molecule has 0 atom stereocenters. The van der Waals surface area contributed by atoms with Crippen molar-refractivity contribution in [3.05, 3.63) is 54.4 Å². The smallest absolute Gasteiger partial charge is 0.362 e. The normalized spacial score (nSPS) is 9.81. The zero-order chi connectivity index (χ0) is 11.4. The van der Waals surface area contributed by atoms with Crippen LogP contribution in [0.5, 0.6) is 5.75 Å². The van der Waals surface area contributed by atoms with E-state index in [0.29, 0.717) is 5.75 Å². The average molecular weight is 231 g/mol. The Morgan fingerprint density at radius 2 is 1.88 bits per heavy atom. The largest absolute Gasteiger partial charge is 0.422 e. The molecular weight excluding hydrogens is 222 g/mol. The van der Waals surface area contributed by atoms with Crippen LogP contribution in [0, 0.1) is 0 Å². The highest BCUT2D eigenvalue weighted by atomic mass is 32.1. The summed E-state index contributed by atoms with van der Waals surface area (Å²) in [5.74, 6) is 0.0148. The predicted molar refractivity (Wildman–Crippen MR) is 62.9 cm³/mol. The first-order chi connectivity index (χ1) is 7.75. The van der Waals surface area contributed by atoms with Gasteiger partial charge in [-0.05, 0) is 36.4 Å². The van der Waals surface area contributed by atoms with E-state index >= 15 is 0 Å². The van der Waals surface area contributed by atoms with Crippen molar-refractivity contribution in [1.82, 2.24) is 4.98 Å². The second-order valence-electron chi connectivity index (χ2n) is 3.10. The highest BCUT2D eigenvalue weighted by Gasteiger charge is 2.08. The molecule has 0 N–H and O–H groups in total. The summed E-state index contributed by atoms with van der Waals surface area (Å²) >= 11 is 4.14. The van der Waals surface area contributed by atoms with Crippen LogP contribution in [-0.4, -0.2) is 11.0 Å². The highest BCUT2D eigenvalue weighted by Crippen LogP contribution is 2.15. The quantitative estimate of drug-likeness (QED) is 0.490. The summed E-state index contributed by atoms with van der Waals surface area (Å²) in [6, 6.07) is 12.0. The number of carbonyl (C=O) groups excluding carboxylic acids is 1. The van der Waals surface area contributed by atoms with Gasteiger partial charge < -0.3 is 4.74 Å². The number of hydrogen-bond acceptors (Lipinski definition) is 4. The van der Waals surface area contributed by atoms with Gasteiger partial charge >= 0.3 is 5.97 Å². The van der Waals surface area contributed by atoms with Crippen LogP contribution < -0.4 is 4.74 Å². The molecule has 0 unspecified atom stereocenters. The van der Waals surface area contributed by atoms with Gasteiger partial charge in [0.2, 0.25) is 0 Å². The van der Waals surface area contributed by atoms with E-state index in [0.717, 1.165) is 4.90 Å². The van der Waals surface area contributed by atoms with Crippen LogP contribution >= 0.6 is 12.6 Å². The number of thiol groups is 1. The number of benzene rings is 1. The molecule has 16 heavy (non-hydrogen) atoms. The summed E-state index contributed by atoms with van der Waals surface area (Å²) < 4.78 is 5.12. The van der Waals surface area contributed by atoms with E-state index in [1.807, 2.05) is 0 Å². The SMILES string of the molecule is O=C(Oc1ccc(S)cc1)c1ccccn1. The fourth-order valence-electron chi connectivity index (χ4n) is 1.16. The summed E-state index contributed by atoms with van der Waals surface area (Å²) in [6.07, 6.45) is 1.55. The fraction of sp³-hybridized carbons (Fsp3) is 0. The standard InChI is InChI=1S/C12H9NO2S/c14-12(11-3-1-2-8-13-11)15-9-4-6-10(16)7-5-9/h1-8,16H. The third-order valence-electron chi connectivity index (χ3n) is 1.92. The lowest BCUT2D eigenvalue weighted by Crippen LogP contribution is -2.09. The van der Waals surface area contributed by atoms with Crippen molar-refractivity contribution in [2.24, 2.45) is 0 Å². The van der Waals surface area contributed by atoms with Gasteiger partial charge in [0, 0.05) is 11.1 Å². The van der Waals surface area contributed by atoms with E-state index < -0.39 is 5.97 Å². The summed E-state index contributed by atoms with van der Waals surface area (Å²) in [7, 11) is 0. The van der Waals surface area contributed by atoms with Crippen LogP contribution in [0.2, 0.25) is 0 Å². The first-order valence-corrected chi connectivity index (χ1v) is 5.13. The summed E-state index contributed by atoms with van der Waals surface area (Å²) in [5.41, 5.74) is 0.289. The molecule has 80 valence electrons. The van der Waals surface area contributed by atoms with E-state index in [1.54, 1.807) is 48.7 Å². The van der Waals surface area contributed by atoms with Gasteiger partial charge in [-0.25, -0.2) is 9.78 Å². The number of esters is 1. The molecule has 0 bridgehead atoms. The van der Waals surface area contributed by atoms with Crippen molar-refractivity contribution in [1.29, 1.82) is 0 Å². The minimum absolute atomic E-state index is 0.289. The number of pyridine rings is 1. The zero-order valence-electron chi connectivity index (χ0n) is 8.33. The molecule has 1 aromatic carbocycles. The molecule has 0 aliphatic carbocycles. The van der Waals surface area contributed by atoms with E-state index in [9.17, 15) is 4.79 Å². The molecule has 0 aliphatic rings. The first kappa shape index (κ1) is 10.7. The molecule has 0 fully saturated rings. The third kappa shape index (κ3) is 2.61. The van der Waals surface area contributed by atoms with Crippen molar-refractivity contribution in [2.75, 3.05) is 0 Å². The zero-order valence-corrected chi connectivity index (χ0v) is 9.22. The van der Waals surface area contributed by atoms with E-state index in [4.69, 9.17) is 4.74 Å². The van der Waals surface area contributed by atoms with Crippen molar-refractivity contribution < 1.29 is 9.53 Å². The van der Waals surface area contributed by atoms with Gasteiger partial charge in [-0.15, -0.1) is 12.6 Å². The van der Waals surface area contributed by atoms with Crippen molar-refractivity contribution in [3.63, 3.8) is 0 Å². The molecule has 2 rings (SSSR count). The molecule has 0 radical (unpaired) electrons. The maximum atomic E-state index is 11.6. The maximum Gasteiger partial charge on any atom is 0.362 e. The number of hydrogen-bond donors (Lipinski definition) is 1. The van der Waals surface area contributed by atoms with Gasteiger partial charge in [0.25, 0.3) is 0 Å².